The summed E-state index contributed by atoms with van der Waals surface area (Å²) in [5.74, 6) is 0. The first-order valence-corrected chi connectivity index (χ1v) is 8.96. The standard InChI is InChI=1S/C13H16INOS/c1-9(2)16-8-13-10(3)11-6-4-5-7-12(11)15(13)17-14/h4-7,9H,8H2,1-3H3. The smallest absolute Gasteiger partial charge is 0.0884 e. The minimum absolute atomic E-state index is 0.264. The van der Waals surface area contributed by atoms with Crippen LogP contribution in [0.4, 0.5) is 0 Å². The predicted octanol–water partition coefficient (Wildman–Crippen LogP) is 4.72. The quantitative estimate of drug-likeness (QED) is 0.732. The van der Waals surface area contributed by atoms with Gasteiger partial charge in [0.15, 0.2) is 0 Å². The molecule has 1 aromatic heterocycles. The first-order valence-electron chi connectivity index (χ1n) is 5.64. The zero-order valence-corrected chi connectivity index (χ0v) is 13.2. The van der Waals surface area contributed by atoms with Gasteiger partial charge in [-0.05, 0) is 32.4 Å². The third-order valence-corrected chi connectivity index (χ3v) is 4.56. The molecule has 0 radical (unpaired) electrons. The number of fused-ring (bicyclic) bond motifs is 1. The normalized spacial score (nSPS) is 11.6. The molecular weight excluding hydrogens is 345 g/mol. The van der Waals surface area contributed by atoms with Crippen LogP contribution in [0.25, 0.3) is 10.9 Å². The predicted molar refractivity (Wildman–Crippen MR) is 83.6 cm³/mol. The van der Waals surface area contributed by atoms with Gasteiger partial charge in [0.2, 0.25) is 0 Å². The molecule has 2 aromatic rings. The minimum atomic E-state index is 0.264. The summed E-state index contributed by atoms with van der Waals surface area (Å²) in [5, 5.41) is 1.32. The van der Waals surface area contributed by atoms with E-state index in [4.69, 9.17) is 4.74 Å². The van der Waals surface area contributed by atoms with Gasteiger partial charge in [-0.2, -0.15) is 0 Å². The molecule has 0 aliphatic heterocycles. The highest BCUT2D eigenvalue weighted by Crippen LogP contribution is 2.32. The SMILES string of the molecule is Cc1c(COC(C)C)n(SI)c2ccccc12. The first-order chi connectivity index (χ1) is 8.15. The minimum Gasteiger partial charge on any atom is -0.373 e. The van der Waals surface area contributed by atoms with Crippen LogP contribution < -0.4 is 0 Å². The largest absolute Gasteiger partial charge is 0.373 e. The van der Waals surface area contributed by atoms with Crippen LogP contribution in [0.2, 0.25) is 0 Å². The Morgan fingerprint density at radius 3 is 2.71 bits per heavy atom. The highest BCUT2D eigenvalue weighted by molar-refractivity contribution is 14.2. The second-order valence-electron chi connectivity index (χ2n) is 4.31. The molecule has 0 atom stereocenters. The number of aryl methyl sites for hydroxylation is 1. The molecule has 1 heterocycles. The van der Waals surface area contributed by atoms with Gasteiger partial charge in [0.25, 0.3) is 0 Å². The molecule has 0 aliphatic rings. The van der Waals surface area contributed by atoms with E-state index in [1.165, 1.54) is 22.2 Å². The molecule has 0 bridgehead atoms. The van der Waals surface area contributed by atoms with Gasteiger partial charge in [-0.3, -0.25) is 3.97 Å². The lowest BCUT2D eigenvalue weighted by atomic mass is 10.1. The third-order valence-electron chi connectivity index (χ3n) is 2.83. The molecule has 0 saturated heterocycles. The van der Waals surface area contributed by atoms with Crippen molar-refractivity contribution in [1.82, 2.24) is 3.97 Å². The molecule has 4 heteroatoms. The molecule has 92 valence electrons. The van der Waals surface area contributed by atoms with Gasteiger partial charge in [0.1, 0.15) is 0 Å². The van der Waals surface area contributed by atoms with Crippen molar-refractivity contribution in [2.24, 2.45) is 0 Å². The van der Waals surface area contributed by atoms with Crippen molar-refractivity contribution in [3.8, 4) is 0 Å². The highest BCUT2D eigenvalue weighted by Gasteiger charge is 2.14. The van der Waals surface area contributed by atoms with Gasteiger partial charge in [-0.1, -0.05) is 18.2 Å². The molecule has 0 fully saturated rings. The summed E-state index contributed by atoms with van der Waals surface area (Å²) in [6.45, 7) is 6.98. The summed E-state index contributed by atoms with van der Waals surface area (Å²) < 4.78 is 8.00. The molecule has 0 saturated carbocycles. The molecule has 0 spiro atoms. The number of halogens is 1. The zero-order valence-electron chi connectivity index (χ0n) is 10.2. The van der Waals surface area contributed by atoms with Crippen LogP contribution in [-0.2, 0) is 11.3 Å². The number of benzene rings is 1. The van der Waals surface area contributed by atoms with E-state index in [1.54, 1.807) is 9.12 Å². The van der Waals surface area contributed by atoms with Crippen molar-refractivity contribution >= 4 is 41.2 Å². The van der Waals surface area contributed by atoms with E-state index in [2.05, 4.69) is 70.2 Å². The Labute approximate surface area is 118 Å². The maximum absolute atomic E-state index is 5.74. The van der Waals surface area contributed by atoms with Crippen LogP contribution in [0.1, 0.15) is 25.1 Å². The van der Waals surface area contributed by atoms with Crippen molar-refractivity contribution < 1.29 is 4.74 Å². The molecule has 0 aliphatic carbocycles. The molecule has 1 aromatic carbocycles. The molecule has 17 heavy (non-hydrogen) atoms. The number of hydrogen-bond acceptors (Lipinski definition) is 2. The lowest BCUT2D eigenvalue weighted by Gasteiger charge is -2.10. The molecule has 2 rings (SSSR count). The maximum Gasteiger partial charge on any atom is 0.0884 e. The summed E-state index contributed by atoms with van der Waals surface area (Å²) in [6, 6.07) is 8.50. The van der Waals surface area contributed by atoms with Crippen molar-refractivity contribution in [3.05, 3.63) is 35.5 Å². The summed E-state index contributed by atoms with van der Waals surface area (Å²) in [5.41, 5.74) is 3.86. The lowest BCUT2D eigenvalue weighted by molar-refractivity contribution is 0.0632. The van der Waals surface area contributed by atoms with Gasteiger partial charge in [-0.25, -0.2) is 0 Å². The van der Waals surface area contributed by atoms with Crippen LogP contribution in [-0.4, -0.2) is 10.1 Å². The molecule has 0 N–H and O–H groups in total. The van der Waals surface area contributed by atoms with Crippen LogP contribution in [0, 0.1) is 6.92 Å². The van der Waals surface area contributed by atoms with Crippen molar-refractivity contribution in [2.75, 3.05) is 0 Å². The second-order valence-corrected chi connectivity index (χ2v) is 6.00. The summed E-state index contributed by atoms with van der Waals surface area (Å²) in [6.07, 6.45) is 0.264. The number of aromatic nitrogens is 1. The summed E-state index contributed by atoms with van der Waals surface area (Å²) in [7, 11) is 1.70. The van der Waals surface area contributed by atoms with Crippen molar-refractivity contribution in [3.63, 3.8) is 0 Å². The number of hydrogen-bond donors (Lipinski definition) is 0. The van der Waals surface area contributed by atoms with Gasteiger partial charge >= 0.3 is 0 Å². The Balaban J connectivity index is 2.49. The monoisotopic (exact) mass is 361 g/mol. The van der Waals surface area contributed by atoms with Crippen LogP contribution in [0.15, 0.2) is 24.3 Å². The average Bonchev–Trinajstić information content (AvgIpc) is 2.60. The van der Waals surface area contributed by atoms with E-state index in [0.717, 1.165) is 0 Å². The highest BCUT2D eigenvalue weighted by atomic mass is 127. The third kappa shape index (κ3) is 2.63. The van der Waals surface area contributed by atoms with E-state index >= 15 is 0 Å². The fourth-order valence-corrected chi connectivity index (χ4v) is 3.77. The summed E-state index contributed by atoms with van der Waals surface area (Å²) >= 11 is 2.32. The van der Waals surface area contributed by atoms with E-state index in [0.29, 0.717) is 6.61 Å². The number of para-hydroxylation sites is 1. The zero-order chi connectivity index (χ0) is 12.4. The van der Waals surface area contributed by atoms with Crippen LogP contribution >= 0.6 is 30.3 Å². The lowest BCUT2D eigenvalue weighted by Crippen LogP contribution is -2.05. The number of rotatable bonds is 4. The molecule has 2 nitrogen and oxygen atoms in total. The number of ether oxygens (including phenoxy) is 1. The van der Waals surface area contributed by atoms with Gasteiger partial charge in [0.05, 0.1) is 23.9 Å². The Bertz CT molecular complexity index is 521. The fraction of sp³-hybridized carbons (Fsp3) is 0.385. The van der Waals surface area contributed by atoms with E-state index in [-0.39, 0.29) is 6.10 Å². The fourth-order valence-electron chi connectivity index (χ4n) is 1.91. The van der Waals surface area contributed by atoms with Gasteiger partial charge in [0, 0.05) is 35.7 Å². The van der Waals surface area contributed by atoms with E-state index < -0.39 is 0 Å². The topological polar surface area (TPSA) is 14.2 Å². The van der Waals surface area contributed by atoms with E-state index in [1.807, 2.05) is 0 Å². The summed E-state index contributed by atoms with van der Waals surface area (Å²) in [4.78, 5) is 0. The van der Waals surface area contributed by atoms with Gasteiger partial charge < -0.3 is 4.74 Å². The molecule has 0 unspecified atom stereocenters. The Morgan fingerprint density at radius 1 is 1.35 bits per heavy atom. The van der Waals surface area contributed by atoms with Crippen LogP contribution in [0.5, 0.6) is 0 Å². The van der Waals surface area contributed by atoms with Crippen molar-refractivity contribution in [2.45, 2.75) is 33.5 Å². The maximum atomic E-state index is 5.74. The first kappa shape index (κ1) is 13.2. The molecule has 0 amide bonds. The Kier molecular flexibility index (Phi) is 4.38. The Morgan fingerprint density at radius 2 is 2.06 bits per heavy atom. The second kappa shape index (κ2) is 5.63. The average molecular weight is 361 g/mol. The van der Waals surface area contributed by atoms with Crippen LogP contribution in [0.3, 0.4) is 0 Å². The van der Waals surface area contributed by atoms with Crippen molar-refractivity contribution in [1.29, 1.82) is 0 Å². The van der Waals surface area contributed by atoms with Gasteiger partial charge in [-0.15, -0.1) is 0 Å². The molecular formula is C13H16INOS. The Hall–Kier alpha value is -0.200. The van der Waals surface area contributed by atoms with E-state index in [9.17, 15) is 0 Å². The number of nitrogens with zero attached hydrogens (tertiary/aromatic N) is 1.